The predicted molar refractivity (Wildman–Crippen MR) is 135 cm³/mol. The molecule has 0 fully saturated rings. The molecular formula is C28H28N2O2S. The van der Waals surface area contributed by atoms with Crippen LogP contribution in [0.15, 0.2) is 89.8 Å². The Bertz CT molecular complexity index is 1390. The summed E-state index contributed by atoms with van der Waals surface area (Å²) in [6.07, 6.45) is 1.81. The zero-order valence-corrected chi connectivity index (χ0v) is 19.7. The molecule has 0 aliphatic heterocycles. The zero-order valence-electron chi connectivity index (χ0n) is 18.9. The Hall–Kier alpha value is -3.15. The highest BCUT2D eigenvalue weighted by Gasteiger charge is 2.37. The van der Waals surface area contributed by atoms with Crippen molar-refractivity contribution in [2.75, 3.05) is 5.32 Å². The highest BCUT2D eigenvalue weighted by atomic mass is 32.2. The molecule has 5 rings (SSSR count). The van der Waals surface area contributed by atoms with Gasteiger partial charge in [0.1, 0.15) is 0 Å². The molecule has 0 heterocycles. The van der Waals surface area contributed by atoms with Crippen LogP contribution in [-0.2, 0) is 22.9 Å². The minimum atomic E-state index is -3.70. The molecule has 0 bridgehead atoms. The van der Waals surface area contributed by atoms with Crippen molar-refractivity contribution >= 4 is 26.5 Å². The molecule has 33 heavy (non-hydrogen) atoms. The van der Waals surface area contributed by atoms with Gasteiger partial charge in [0.05, 0.1) is 17.0 Å². The van der Waals surface area contributed by atoms with Crippen LogP contribution in [0, 0.1) is 0 Å². The monoisotopic (exact) mass is 456 g/mol. The lowest BCUT2D eigenvalue weighted by atomic mass is 9.99. The summed E-state index contributed by atoms with van der Waals surface area (Å²) in [6, 6.07) is 26.7. The quantitative estimate of drug-likeness (QED) is 0.351. The molecule has 0 saturated carbocycles. The van der Waals surface area contributed by atoms with Gasteiger partial charge >= 0.3 is 0 Å². The first kappa shape index (κ1) is 21.7. The van der Waals surface area contributed by atoms with Gasteiger partial charge in [-0.15, -0.1) is 0 Å². The van der Waals surface area contributed by atoms with Crippen LogP contribution in [0.2, 0.25) is 0 Å². The molecule has 0 saturated heterocycles. The summed E-state index contributed by atoms with van der Waals surface area (Å²) in [6.45, 7) is 4.30. The maximum absolute atomic E-state index is 13.4. The first-order valence-corrected chi connectivity index (χ1v) is 13.0. The van der Waals surface area contributed by atoms with Gasteiger partial charge in [-0.25, -0.2) is 13.1 Å². The van der Waals surface area contributed by atoms with Gasteiger partial charge in [0.25, 0.3) is 0 Å². The second-order valence-corrected chi connectivity index (χ2v) is 10.2. The molecule has 168 valence electrons. The molecule has 5 heteroatoms. The number of benzene rings is 4. The number of hydrogen-bond acceptors (Lipinski definition) is 3. The topological polar surface area (TPSA) is 58.2 Å². The molecule has 0 amide bonds. The Labute approximate surface area is 195 Å². The number of anilines is 1. The summed E-state index contributed by atoms with van der Waals surface area (Å²) in [5.74, 6) is 0. The maximum Gasteiger partial charge on any atom is 0.241 e. The first-order valence-electron chi connectivity index (χ1n) is 11.5. The van der Waals surface area contributed by atoms with Crippen LogP contribution >= 0.6 is 0 Å². The summed E-state index contributed by atoms with van der Waals surface area (Å²) < 4.78 is 29.8. The van der Waals surface area contributed by atoms with Crippen LogP contribution in [0.5, 0.6) is 0 Å². The summed E-state index contributed by atoms with van der Waals surface area (Å²) in [4.78, 5) is 0.273. The van der Waals surface area contributed by atoms with Crippen molar-refractivity contribution in [3.05, 3.63) is 107 Å². The van der Waals surface area contributed by atoms with E-state index in [4.69, 9.17) is 0 Å². The van der Waals surface area contributed by atoms with Crippen molar-refractivity contribution in [3.8, 4) is 0 Å². The normalized spacial score (nSPS) is 17.4. The van der Waals surface area contributed by atoms with E-state index in [0.29, 0.717) is 0 Å². The van der Waals surface area contributed by atoms with E-state index in [1.165, 1.54) is 11.1 Å². The average Bonchev–Trinajstić information content (AvgIpc) is 3.13. The van der Waals surface area contributed by atoms with E-state index in [-0.39, 0.29) is 10.9 Å². The fraction of sp³-hybridized carbons (Fsp3) is 0.214. The highest BCUT2D eigenvalue weighted by Crippen LogP contribution is 2.47. The van der Waals surface area contributed by atoms with Gasteiger partial charge in [-0.3, -0.25) is 0 Å². The minimum Gasteiger partial charge on any atom is -0.376 e. The maximum atomic E-state index is 13.4. The smallest absolute Gasteiger partial charge is 0.241 e. The Morgan fingerprint density at radius 2 is 1.27 bits per heavy atom. The van der Waals surface area contributed by atoms with E-state index < -0.39 is 16.1 Å². The Morgan fingerprint density at radius 3 is 1.88 bits per heavy atom. The van der Waals surface area contributed by atoms with Gasteiger partial charge in [0.2, 0.25) is 10.0 Å². The molecule has 2 N–H and O–H groups in total. The molecule has 4 aromatic rings. The SMILES string of the molecule is CCc1cccc(CC)c1NC1c2cccc3cccc(c23)C1NS(=O)(=O)c1ccccc1. The van der Waals surface area contributed by atoms with Crippen molar-refractivity contribution in [1.29, 1.82) is 0 Å². The van der Waals surface area contributed by atoms with Gasteiger partial charge in [0.15, 0.2) is 0 Å². The average molecular weight is 457 g/mol. The number of nitrogens with one attached hydrogen (secondary N) is 2. The van der Waals surface area contributed by atoms with Gasteiger partial charge in [-0.05, 0) is 58.0 Å². The van der Waals surface area contributed by atoms with Gasteiger partial charge in [-0.1, -0.05) is 86.6 Å². The van der Waals surface area contributed by atoms with E-state index in [0.717, 1.165) is 40.4 Å². The van der Waals surface area contributed by atoms with Crippen LogP contribution in [0.1, 0.15) is 48.2 Å². The summed E-state index contributed by atoms with van der Waals surface area (Å²) >= 11 is 0. The second-order valence-electron chi connectivity index (χ2n) is 8.48. The van der Waals surface area contributed by atoms with E-state index in [2.05, 4.69) is 66.4 Å². The lowest BCUT2D eigenvalue weighted by Crippen LogP contribution is -2.33. The molecular weight excluding hydrogens is 428 g/mol. The van der Waals surface area contributed by atoms with Crippen LogP contribution in [-0.4, -0.2) is 8.42 Å². The third-order valence-corrected chi connectivity index (χ3v) is 8.06. The van der Waals surface area contributed by atoms with Gasteiger partial charge in [-0.2, -0.15) is 0 Å². The molecule has 4 nitrogen and oxygen atoms in total. The standard InChI is InChI=1S/C28H28N2O2S/c1-3-19-11-8-12-20(4-2)26(19)29-27-23-17-9-13-21-14-10-18-24(25(21)23)28(27)30-33(31,32)22-15-6-5-7-16-22/h5-18,27-30H,3-4H2,1-2H3. The molecule has 0 aromatic heterocycles. The van der Waals surface area contributed by atoms with Crippen LogP contribution in [0.4, 0.5) is 5.69 Å². The predicted octanol–water partition coefficient (Wildman–Crippen LogP) is 6.15. The van der Waals surface area contributed by atoms with Crippen molar-refractivity contribution in [3.63, 3.8) is 0 Å². The zero-order chi connectivity index (χ0) is 23.0. The molecule has 2 atom stereocenters. The number of rotatable bonds is 7. The summed E-state index contributed by atoms with van der Waals surface area (Å²) in [5, 5.41) is 6.04. The summed E-state index contributed by atoms with van der Waals surface area (Å²) in [5.41, 5.74) is 5.72. The third kappa shape index (κ3) is 3.81. The van der Waals surface area contributed by atoms with Gasteiger partial charge < -0.3 is 5.32 Å². The lowest BCUT2D eigenvalue weighted by molar-refractivity contribution is 0.534. The van der Waals surface area contributed by atoms with E-state index in [1.807, 2.05) is 18.2 Å². The second kappa shape index (κ2) is 8.65. The van der Waals surface area contributed by atoms with Crippen LogP contribution < -0.4 is 10.0 Å². The van der Waals surface area contributed by atoms with Crippen LogP contribution in [0.25, 0.3) is 10.8 Å². The number of sulfonamides is 1. The Kier molecular flexibility index (Phi) is 5.69. The van der Waals surface area contributed by atoms with E-state index >= 15 is 0 Å². The third-order valence-electron chi connectivity index (χ3n) is 6.61. The number of hydrogen-bond donors (Lipinski definition) is 2. The number of aryl methyl sites for hydroxylation is 2. The summed E-state index contributed by atoms with van der Waals surface area (Å²) in [7, 11) is -3.70. The Balaban J connectivity index is 1.64. The molecule has 4 aromatic carbocycles. The Morgan fingerprint density at radius 1 is 0.697 bits per heavy atom. The highest BCUT2D eigenvalue weighted by molar-refractivity contribution is 7.89. The van der Waals surface area contributed by atoms with E-state index in [9.17, 15) is 8.42 Å². The molecule has 1 aliphatic rings. The molecule has 0 spiro atoms. The lowest BCUT2D eigenvalue weighted by Gasteiger charge is -2.27. The van der Waals surface area contributed by atoms with Gasteiger partial charge in [0, 0.05) is 5.69 Å². The van der Waals surface area contributed by atoms with E-state index in [1.54, 1.807) is 24.3 Å². The minimum absolute atomic E-state index is 0.220. The molecule has 2 unspecified atom stereocenters. The molecule has 1 aliphatic carbocycles. The number of para-hydroxylation sites is 1. The van der Waals surface area contributed by atoms with Crippen molar-refractivity contribution in [1.82, 2.24) is 4.72 Å². The van der Waals surface area contributed by atoms with Crippen molar-refractivity contribution in [2.45, 2.75) is 43.7 Å². The van der Waals surface area contributed by atoms with Crippen LogP contribution in [0.3, 0.4) is 0 Å². The fourth-order valence-electron chi connectivity index (χ4n) is 4.99. The van der Waals surface area contributed by atoms with Crippen molar-refractivity contribution < 1.29 is 8.42 Å². The first-order chi connectivity index (χ1) is 16.0. The largest absolute Gasteiger partial charge is 0.376 e. The molecule has 0 radical (unpaired) electrons. The fourth-order valence-corrected chi connectivity index (χ4v) is 6.24. The van der Waals surface area contributed by atoms with Crippen molar-refractivity contribution in [2.24, 2.45) is 0 Å².